The molecule has 5 N–H and O–H groups in total. The minimum Gasteiger partial charge on any atom is -0.481 e. The lowest BCUT2D eigenvalue weighted by atomic mass is 10.0. The third-order valence-electron chi connectivity index (χ3n) is 10.2. The fraction of sp³-hybridized carbons (Fsp3) is 0.410. The normalized spacial score (nSPS) is 17.8. The van der Waals surface area contributed by atoms with Gasteiger partial charge in [-0.1, -0.05) is 62.4 Å². The number of nitrogens with one attached hydrogen (secondary N) is 4. The number of carboxylic acid groups (broad SMARTS) is 1. The number of aliphatic carboxylic acids is 1. The molecule has 0 bridgehead atoms. The molecule has 0 aliphatic carbocycles. The number of imidazole rings is 2. The molecule has 4 aromatic rings. The second-order valence-electron chi connectivity index (χ2n) is 14.0. The van der Waals surface area contributed by atoms with Crippen molar-refractivity contribution in [1.29, 1.82) is 0 Å². The predicted molar refractivity (Wildman–Crippen MR) is 200 cm³/mol. The van der Waals surface area contributed by atoms with E-state index in [0.717, 1.165) is 53.6 Å². The first-order chi connectivity index (χ1) is 26.5. The molecule has 4 amide bonds. The van der Waals surface area contributed by atoms with Gasteiger partial charge < -0.3 is 45.0 Å². The van der Waals surface area contributed by atoms with E-state index in [4.69, 9.17) is 4.74 Å². The van der Waals surface area contributed by atoms with Crippen LogP contribution in [0, 0.1) is 5.92 Å². The van der Waals surface area contributed by atoms with Gasteiger partial charge in [-0.2, -0.15) is 0 Å². The molecule has 0 saturated carbocycles. The third kappa shape index (κ3) is 8.63. The SMILES string of the molecule is COC(=O)NC(C(=O)N1CCC[C@H]1c1ncc(-c2ccc(-c3ccc(-c4cnc([C@@H]5CCCN5C(=O)[C@H](CC(=O)O)NC(=O)OC)[nH]4)cc3)cc2)[nH]1)C(C)C. The molecular formula is C39H46N8O8. The number of ether oxygens (including phenoxy) is 2. The number of H-pyrrole nitrogens is 2. The summed E-state index contributed by atoms with van der Waals surface area (Å²) in [4.78, 5) is 81.3. The first-order valence-electron chi connectivity index (χ1n) is 18.3. The van der Waals surface area contributed by atoms with Crippen LogP contribution in [-0.4, -0.2) is 104 Å². The first kappa shape index (κ1) is 38.5. The number of aromatic nitrogens is 4. The molecule has 4 atom stereocenters. The van der Waals surface area contributed by atoms with Crippen molar-refractivity contribution in [1.82, 2.24) is 40.4 Å². The van der Waals surface area contributed by atoms with Crippen molar-refractivity contribution < 1.29 is 38.6 Å². The van der Waals surface area contributed by atoms with E-state index in [9.17, 15) is 29.1 Å². The van der Waals surface area contributed by atoms with Crippen LogP contribution in [0.2, 0.25) is 0 Å². The number of hydrogen-bond donors (Lipinski definition) is 5. The minimum atomic E-state index is -1.26. The fourth-order valence-electron chi connectivity index (χ4n) is 7.27. The zero-order valence-electron chi connectivity index (χ0n) is 31.2. The summed E-state index contributed by atoms with van der Waals surface area (Å²) in [5, 5.41) is 14.3. The molecular weight excluding hydrogens is 708 g/mol. The average molecular weight is 755 g/mol. The van der Waals surface area contributed by atoms with E-state index in [1.807, 2.05) is 62.4 Å². The van der Waals surface area contributed by atoms with Crippen LogP contribution in [0.4, 0.5) is 9.59 Å². The lowest BCUT2D eigenvalue weighted by molar-refractivity contribution is -0.143. The highest BCUT2D eigenvalue weighted by Crippen LogP contribution is 2.35. The molecule has 2 aromatic heterocycles. The Hall–Kier alpha value is -6.19. The molecule has 2 aliphatic rings. The van der Waals surface area contributed by atoms with Gasteiger partial charge >= 0.3 is 18.2 Å². The summed E-state index contributed by atoms with van der Waals surface area (Å²) in [6.45, 7) is 4.76. The molecule has 16 heteroatoms. The molecule has 2 fully saturated rings. The number of carbonyl (C=O) groups excluding carboxylic acids is 4. The molecule has 0 spiro atoms. The number of alkyl carbamates (subject to hydrolysis) is 2. The first-order valence-corrected chi connectivity index (χ1v) is 18.3. The van der Waals surface area contributed by atoms with Gasteiger partial charge in [0.1, 0.15) is 23.7 Å². The number of amides is 4. The fourth-order valence-corrected chi connectivity index (χ4v) is 7.27. The Morgan fingerprint density at radius 1 is 0.727 bits per heavy atom. The molecule has 1 unspecified atom stereocenters. The van der Waals surface area contributed by atoms with Crippen molar-refractivity contribution in [2.45, 2.75) is 70.1 Å². The summed E-state index contributed by atoms with van der Waals surface area (Å²) in [5.74, 6) is -0.712. The van der Waals surface area contributed by atoms with Crippen LogP contribution in [0.1, 0.15) is 69.7 Å². The highest BCUT2D eigenvalue weighted by Gasteiger charge is 2.39. The van der Waals surface area contributed by atoms with Crippen LogP contribution in [0.3, 0.4) is 0 Å². The molecule has 2 aliphatic heterocycles. The number of carbonyl (C=O) groups is 5. The summed E-state index contributed by atoms with van der Waals surface area (Å²) in [6, 6.07) is 13.5. The number of aromatic amines is 2. The quantitative estimate of drug-likeness (QED) is 0.130. The number of benzene rings is 2. The Morgan fingerprint density at radius 3 is 1.60 bits per heavy atom. The monoisotopic (exact) mass is 754 g/mol. The van der Waals surface area contributed by atoms with Crippen LogP contribution in [0.15, 0.2) is 60.9 Å². The maximum atomic E-state index is 13.5. The summed E-state index contributed by atoms with van der Waals surface area (Å²) >= 11 is 0. The molecule has 2 saturated heterocycles. The largest absolute Gasteiger partial charge is 0.481 e. The smallest absolute Gasteiger partial charge is 0.407 e. The summed E-state index contributed by atoms with van der Waals surface area (Å²) in [7, 11) is 2.43. The van der Waals surface area contributed by atoms with Gasteiger partial charge in [0.05, 0.1) is 56.5 Å². The van der Waals surface area contributed by atoms with E-state index in [1.165, 1.54) is 7.11 Å². The maximum absolute atomic E-state index is 13.5. The number of rotatable bonds is 12. The Morgan fingerprint density at radius 2 is 1.16 bits per heavy atom. The Bertz CT molecular complexity index is 2010. The maximum Gasteiger partial charge on any atom is 0.407 e. The third-order valence-corrected chi connectivity index (χ3v) is 10.2. The van der Waals surface area contributed by atoms with Crippen molar-refractivity contribution in [3.8, 4) is 33.6 Å². The number of hydrogen-bond acceptors (Lipinski definition) is 9. The van der Waals surface area contributed by atoms with Crippen LogP contribution in [0.25, 0.3) is 33.6 Å². The van der Waals surface area contributed by atoms with Gasteiger partial charge in [-0.3, -0.25) is 14.4 Å². The van der Waals surface area contributed by atoms with Gasteiger partial charge in [0.2, 0.25) is 11.8 Å². The highest BCUT2D eigenvalue weighted by molar-refractivity contribution is 5.90. The summed E-state index contributed by atoms with van der Waals surface area (Å²) in [5.41, 5.74) is 5.47. The van der Waals surface area contributed by atoms with Gasteiger partial charge in [-0.15, -0.1) is 0 Å². The van der Waals surface area contributed by atoms with E-state index in [1.54, 1.807) is 22.2 Å². The van der Waals surface area contributed by atoms with E-state index in [-0.39, 0.29) is 17.9 Å². The minimum absolute atomic E-state index is 0.118. The van der Waals surface area contributed by atoms with Crippen LogP contribution < -0.4 is 10.6 Å². The summed E-state index contributed by atoms with van der Waals surface area (Å²) in [6.07, 6.45) is 4.34. The number of methoxy groups -OCH3 is 2. The van der Waals surface area contributed by atoms with Crippen molar-refractivity contribution in [3.63, 3.8) is 0 Å². The van der Waals surface area contributed by atoms with E-state index < -0.39 is 48.6 Å². The standard InChI is InChI=1S/C39H46N8O8/c1-22(2)33(45-39(53)55-4)37(51)47-18-6-8-31(47)35-41-21-29(43-35)26-15-11-24(12-16-26)23-9-13-25(14-10-23)28-20-40-34(42-28)30-7-5-17-46(30)36(50)27(19-32(48)49)44-38(52)54-3/h9-16,20-22,27,30-31,33H,5-8,17-19H2,1-4H3,(H,40,42)(H,41,43)(H,44,52)(H,45,53)(H,48,49)/t27-,30-,31-,33?/m0/s1. The summed E-state index contributed by atoms with van der Waals surface area (Å²) < 4.78 is 9.33. The molecule has 0 radical (unpaired) electrons. The van der Waals surface area contributed by atoms with E-state index in [2.05, 4.69) is 35.3 Å². The highest BCUT2D eigenvalue weighted by atomic mass is 16.5. The van der Waals surface area contributed by atoms with Gasteiger partial charge in [-0.25, -0.2) is 19.6 Å². The Labute approximate surface area is 318 Å². The van der Waals surface area contributed by atoms with Crippen LogP contribution in [0.5, 0.6) is 0 Å². The average Bonchev–Trinajstić information content (AvgIpc) is 4.02. The molecule has 2 aromatic carbocycles. The Kier molecular flexibility index (Phi) is 11.8. The van der Waals surface area contributed by atoms with Gasteiger partial charge in [0.15, 0.2) is 0 Å². The Balaban J connectivity index is 1.10. The van der Waals surface area contributed by atoms with Crippen molar-refractivity contribution in [2.75, 3.05) is 27.3 Å². The molecule has 290 valence electrons. The molecule has 16 nitrogen and oxygen atoms in total. The second-order valence-corrected chi connectivity index (χ2v) is 14.0. The molecule has 4 heterocycles. The number of carboxylic acids is 1. The van der Waals surface area contributed by atoms with Crippen LogP contribution >= 0.6 is 0 Å². The van der Waals surface area contributed by atoms with Crippen molar-refractivity contribution >= 4 is 30.0 Å². The molecule has 55 heavy (non-hydrogen) atoms. The van der Waals surface area contributed by atoms with Crippen LogP contribution in [-0.2, 0) is 23.9 Å². The lowest BCUT2D eigenvalue weighted by Crippen LogP contribution is -2.51. The van der Waals surface area contributed by atoms with Crippen molar-refractivity contribution in [2.24, 2.45) is 5.92 Å². The zero-order chi connectivity index (χ0) is 39.2. The second kappa shape index (κ2) is 16.9. The number of likely N-dealkylation sites (tertiary alicyclic amines) is 2. The van der Waals surface area contributed by atoms with Crippen molar-refractivity contribution in [3.05, 3.63) is 72.6 Å². The van der Waals surface area contributed by atoms with Gasteiger partial charge in [0, 0.05) is 13.1 Å². The van der Waals surface area contributed by atoms with Gasteiger partial charge in [-0.05, 0) is 53.9 Å². The molecule has 6 rings (SSSR count). The number of nitrogens with zero attached hydrogens (tertiary/aromatic N) is 4. The van der Waals surface area contributed by atoms with Gasteiger partial charge in [0.25, 0.3) is 0 Å². The van der Waals surface area contributed by atoms with E-state index >= 15 is 0 Å². The topological polar surface area (TPSA) is 212 Å². The lowest BCUT2D eigenvalue weighted by Gasteiger charge is -2.30. The zero-order valence-corrected chi connectivity index (χ0v) is 31.2. The predicted octanol–water partition coefficient (Wildman–Crippen LogP) is 5.04. The van der Waals surface area contributed by atoms with E-state index in [0.29, 0.717) is 37.6 Å².